The molecule has 1 aromatic rings. The van der Waals surface area contributed by atoms with Crippen LogP contribution in [0.5, 0.6) is 0 Å². The lowest BCUT2D eigenvalue weighted by atomic mass is 10.1. The molecule has 1 aromatic heterocycles. The van der Waals surface area contributed by atoms with E-state index in [1.54, 1.807) is 11.1 Å². The summed E-state index contributed by atoms with van der Waals surface area (Å²) in [5.74, 6) is -0.0859. The van der Waals surface area contributed by atoms with Gasteiger partial charge in [0.25, 0.3) is 0 Å². The summed E-state index contributed by atoms with van der Waals surface area (Å²) in [6.45, 7) is 1.91. The minimum atomic E-state index is -3.27. The number of amides is 1. The molecule has 1 atom stereocenters. The second-order valence-corrected chi connectivity index (χ2v) is 8.82. The molecule has 1 aliphatic carbocycles. The number of aromatic nitrogens is 2. The minimum Gasteiger partial charge on any atom is -0.368 e. The summed E-state index contributed by atoms with van der Waals surface area (Å²) in [6.07, 6.45) is 7.44. The lowest BCUT2D eigenvalue weighted by molar-refractivity contribution is -0.139. The first kappa shape index (κ1) is 18.3. The summed E-state index contributed by atoms with van der Waals surface area (Å²) < 4.78 is 32.9. The summed E-state index contributed by atoms with van der Waals surface area (Å²) in [5.41, 5.74) is 0.955. The van der Waals surface area contributed by atoms with Crippen LogP contribution in [0.25, 0.3) is 0 Å². The standard InChI is InChI=1S/C16H26N4O4S/c1-25(22,23)18-8-13-9-19(11-14-6-7-17-20(14)10-13)16(21)12-24-15-4-2-3-5-15/h6-7,13,15,18H,2-5,8-12H2,1H3. The minimum absolute atomic E-state index is 0.0358. The van der Waals surface area contributed by atoms with E-state index in [1.165, 1.54) is 12.8 Å². The zero-order valence-electron chi connectivity index (χ0n) is 14.6. The zero-order chi connectivity index (χ0) is 17.9. The number of rotatable bonds is 6. The topological polar surface area (TPSA) is 93.5 Å². The molecule has 140 valence electrons. The van der Waals surface area contributed by atoms with Crippen molar-refractivity contribution in [2.75, 3.05) is 26.0 Å². The number of nitrogens with one attached hydrogen (secondary N) is 1. The highest BCUT2D eigenvalue weighted by Crippen LogP contribution is 2.21. The molecule has 0 aromatic carbocycles. The Hall–Kier alpha value is -1.45. The van der Waals surface area contributed by atoms with Crippen molar-refractivity contribution in [2.24, 2.45) is 5.92 Å². The maximum absolute atomic E-state index is 12.6. The Bertz CT molecular complexity index is 697. The second kappa shape index (κ2) is 7.84. The first-order valence-electron chi connectivity index (χ1n) is 8.75. The van der Waals surface area contributed by atoms with E-state index in [4.69, 9.17) is 4.74 Å². The first-order valence-corrected chi connectivity index (χ1v) is 10.6. The zero-order valence-corrected chi connectivity index (χ0v) is 15.4. The molecule has 0 bridgehead atoms. The SMILES string of the molecule is CS(=O)(=O)NCC1CN(C(=O)COC2CCCC2)Cc2ccnn2C1. The number of ether oxygens (including phenoxy) is 1. The van der Waals surface area contributed by atoms with Crippen LogP contribution in [-0.4, -0.2) is 61.1 Å². The summed E-state index contributed by atoms with van der Waals surface area (Å²) in [7, 11) is -3.27. The van der Waals surface area contributed by atoms with Crippen LogP contribution in [0, 0.1) is 5.92 Å². The molecule has 9 heteroatoms. The lowest BCUT2D eigenvalue weighted by Crippen LogP contribution is -2.40. The van der Waals surface area contributed by atoms with Crippen molar-refractivity contribution in [3.05, 3.63) is 18.0 Å². The molecule has 0 saturated heterocycles. The van der Waals surface area contributed by atoms with Crippen LogP contribution in [0.2, 0.25) is 0 Å². The molecule has 0 radical (unpaired) electrons. The van der Waals surface area contributed by atoms with Gasteiger partial charge in [-0.25, -0.2) is 13.1 Å². The van der Waals surface area contributed by atoms with Gasteiger partial charge in [0, 0.05) is 31.7 Å². The number of sulfonamides is 1. The Morgan fingerprint density at radius 1 is 1.36 bits per heavy atom. The van der Waals surface area contributed by atoms with Crippen molar-refractivity contribution in [3.8, 4) is 0 Å². The van der Waals surface area contributed by atoms with E-state index in [0.29, 0.717) is 19.6 Å². The van der Waals surface area contributed by atoms with Crippen LogP contribution in [0.3, 0.4) is 0 Å². The van der Waals surface area contributed by atoms with E-state index in [-0.39, 0.29) is 31.1 Å². The molecule has 1 fully saturated rings. The van der Waals surface area contributed by atoms with Gasteiger partial charge >= 0.3 is 0 Å². The Labute approximate surface area is 148 Å². The quantitative estimate of drug-likeness (QED) is 0.780. The fourth-order valence-electron chi connectivity index (χ4n) is 3.46. The van der Waals surface area contributed by atoms with Gasteiger partial charge in [-0.15, -0.1) is 0 Å². The average molecular weight is 370 g/mol. The average Bonchev–Trinajstić information content (AvgIpc) is 3.18. The molecule has 3 rings (SSSR count). The number of hydrogen-bond acceptors (Lipinski definition) is 5. The Kier molecular flexibility index (Phi) is 5.75. The van der Waals surface area contributed by atoms with Crippen LogP contribution in [-0.2, 0) is 32.6 Å². The predicted molar refractivity (Wildman–Crippen MR) is 92.2 cm³/mol. The summed E-state index contributed by atoms with van der Waals surface area (Å²) in [6, 6.07) is 1.89. The monoisotopic (exact) mass is 370 g/mol. The van der Waals surface area contributed by atoms with Gasteiger partial charge in [-0.1, -0.05) is 12.8 Å². The highest BCUT2D eigenvalue weighted by Gasteiger charge is 2.27. The molecule has 1 N–H and O–H groups in total. The molecule has 0 spiro atoms. The Morgan fingerprint density at radius 2 is 2.12 bits per heavy atom. The van der Waals surface area contributed by atoms with Crippen molar-refractivity contribution >= 4 is 15.9 Å². The van der Waals surface area contributed by atoms with Crippen LogP contribution >= 0.6 is 0 Å². The number of fused-ring (bicyclic) bond motifs is 1. The van der Waals surface area contributed by atoms with Crippen molar-refractivity contribution in [1.29, 1.82) is 0 Å². The van der Waals surface area contributed by atoms with Gasteiger partial charge in [-0.05, 0) is 18.9 Å². The summed E-state index contributed by atoms with van der Waals surface area (Å²) >= 11 is 0. The van der Waals surface area contributed by atoms with Gasteiger partial charge in [-0.2, -0.15) is 5.10 Å². The third-order valence-electron chi connectivity index (χ3n) is 4.80. The molecule has 2 heterocycles. The van der Waals surface area contributed by atoms with Gasteiger partial charge in [0.05, 0.1) is 24.6 Å². The van der Waals surface area contributed by atoms with Gasteiger partial charge in [-0.3, -0.25) is 9.48 Å². The molecule has 1 unspecified atom stereocenters. The molecule has 8 nitrogen and oxygen atoms in total. The summed E-state index contributed by atoms with van der Waals surface area (Å²) in [4.78, 5) is 14.4. The number of carbonyl (C=O) groups excluding carboxylic acids is 1. The highest BCUT2D eigenvalue weighted by atomic mass is 32.2. The molecule has 1 saturated carbocycles. The largest absolute Gasteiger partial charge is 0.368 e. The van der Waals surface area contributed by atoms with Gasteiger partial charge in [0.1, 0.15) is 6.61 Å². The van der Waals surface area contributed by atoms with Crippen LogP contribution in [0.4, 0.5) is 0 Å². The number of carbonyl (C=O) groups is 1. The molecular weight excluding hydrogens is 344 g/mol. The highest BCUT2D eigenvalue weighted by molar-refractivity contribution is 7.88. The fraction of sp³-hybridized carbons (Fsp3) is 0.750. The van der Waals surface area contributed by atoms with Crippen LogP contribution in [0.15, 0.2) is 12.3 Å². The predicted octanol–water partition coefficient (Wildman–Crippen LogP) is 0.350. The first-order chi connectivity index (χ1) is 11.9. The van der Waals surface area contributed by atoms with E-state index >= 15 is 0 Å². The van der Waals surface area contributed by atoms with Crippen molar-refractivity contribution in [1.82, 2.24) is 19.4 Å². The molecule has 1 amide bonds. The molecular formula is C16H26N4O4S. The third-order valence-corrected chi connectivity index (χ3v) is 5.49. The van der Waals surface area contributed by atoms with Gasteiger partial charge < -0.3 is 9.64 Å². The van der Waals surface area contributed by atoms with E-state index in [9.17, 15) is 13.2 Å². The van der Waals surface area contributed by atoms with Gasteiger partial charge in [0.2, 0.25) is 15.9 Å². The van der Waals surface area contributed by atoms with Crippen LogP contribution in [0.1, 0.15) is 31.4 Å². The maximum Gasteiger partial charge on any atom is 0.248 e. The summed E-state index contributed by atoms with van der Waals surface area (Å²) in [5, 5.41) is 4.28. The Morgan fingerprint density at radius 3 is 2.84 bits per heavy atom. The van der Waals surface area contributed by atoms with Crippen molar-refractivity contribution in [2.45, 2.75) is 44.9 Å². The maximum atomic E-state index is 12.6. The fourth-order valence-corrected chi connectivity index (χ4v) is 4.00. The van der Waals surface area contributed by atoms with E-state index in [2.05, 4.69) is 9.82 Å². The Balaban J connectivity index is 1.63. The van der Waals surface area contributed by atoms with Crippen molar-refractivity contribution in [3.63, 3.8) is 0 Å². The van der Waals surface area contributed by atoms with Crippen LogP contribution < -0.4 is 4.72 Å². The molecule has 2 aliphatic rings. The normalized spacial score (nSPS) is 22.0. The number of nitrogens with zero attached hydrogens (tertiary/aromatic N) is 3. The van der Waals surface area contributed by atoms with Crippen molar-refractivity contribution < 1.29 is 17.9 Å². The molecule has 25 heavy (non-hydrogen) atoms. The lowest BCUT2D eigenvalue weighted by Gasteiger charge is -2.24. The second-order valence-electron chi connectivity index (χ2n) is 6.98. The number of hydrogen-bond donors (Lipinski definition) is 1. The smallest absolute Gasteiger partial charge is 0.248 e. The van der Waals surface area contributed by atoms with Gasteiger partial charge in [0.15, 0.2) is 0 Å². The van der Waals surface area contributed by atoms with E-state index in [0.717, 1.165) is 24.8 Å². The van der Waals surface area contributed by atoms with E-state index < -0.39 is 10.0 Å². The van der Waals surface area contributed by atoms with E-state index in [1.807, 2.05) is 10.7 Å². The molecule has 1 aliphatic heterocycles. The third kappa shape index (κ3) is 5.26.